The fraction of sp³-hybridized carbons (Fsp3) is 0.286. The van der Waals surface area contributed by atoms with Crippen LogP contribution in [0, 0.1) is 6.92 Å². The highest BCUT2D eigenvalue weighted by molar-refractivity contribution is 7.92. The van der Waals surface area contributed by atoms with Gasteiger partial charge in [-0.1, -0.05) is 55.8 Å². The predicted octanol–water partition coefficient (Wildman–Crippen LogP) is 4.58. The van der Waals surface area contributed by atoms with Crippen LogP contribution in [0.15, 0.2) is 41.4 Å². The zero-order valence-corrected chi connectivity index (χ0v) is 21.7. The number of benzene rings is 1. The summed E-state index contributed by atoms with van der Waals surface area (Å²) in [7, 11) is -3.88. The molecule has 2 aromatic heterocycles. The van der Waals surface area contributed by atoms with Crippen LogP contribution in [-0.2, 0) is 20.2 Å². The highest BCUT2D eigenvalue weighted by Crippen LogP contribution is 2.35. The van der Waals surface area contributed by atoms with E-state index < -0.39 is 10.0 Å². The minimum atomic E-state index is -3.88. The first-order chi connectivity index (χ1) is 14.9. The summed E-state index contributed by atoms with van der Waals surface area (Å²) in [6.45, 7) is 7.79. The Labute approximate surface area is 208 Å². The minimum Gasteiger partial charge on any atom is -0.322 e. The van der Waals surface area contributed by atoms with E-state index in [1.165, 1.54) is 17.5 Å². The van der Waals surface area contributed by atoms with E-state index in [0.717, 1.165) is 10.4 Å². The standard InChI is InChI=1S/C21H24ClN5O3S2.ClH/c1-12-18(31-20(25-12)26-17(28)10-23)13-9-16(19(22)24-11-13)27-32(29,30)15-7-5-14(6-8-15)21(2,3)4;/h5-9,11,27H,10,23H2,1-4H3,(H,25,26,28);1H. The van der Waals surface area contributed by atoms with Crippen molar-refractivity contribution < 1.29 is 13.2 Å². The number of thiazole rings is 1. The number of nitrogens with one attached hydrogen (secondary N) is 2. The fourth-order valence-electron chi connectivity index (χ4n) is 2.87. The molecule has 0 saturated heterocycles. The van der Waals surface area contributed by atoms with Gasteiger partial charge in [0.25, 0.3) is 10.0 Å². The lowest BCUT2D eigenvalue weighted by atomic mass is 9.87. The molecule has 2 heterocycles. The van der Waals surface area contributed by atoms with Crippen LogP contribution in [0.3, 0.4) is 0 Å². The molecule has 0 fully saturated rings. The van der Waals surface area contributed by atoms with E-state index in [-0.39, 0.29) is 46.0 Å². The highest BCUT2D eigenvalue weighted by Gasteiger charge is 2.20. The summed E-state index contributed by atoms with van der Waals surface area (Å²) in [6, 6.07) is 8.30. The first kappa shape index (κ1) is 27.0. The molecule has 0 aliphatic rings. The molecule has 8 nitrogen and oxygen atoms in total. The lowest BCUT2D eigenvalue weighted by Gasteiger charge is -2.19. The van der Waals surface area contributed by atoms with Gasteiger partial charge >= 0.3 is 0 Å². The Balaban J connectivity index is 0.00000385. The van der Waals surface area contributed by atoms with Gasteiger partial charge in [-0.2, -0.15) is 0 Å². The summed E-state index contributed by atoms with van der Waals surface area (Å²) < 4.78 is 28.4. The summed E-state index contributed by atoms with van der Waals surface area (Å²) in [5.41, 5.74) is 7.66. The monoisotopic (exact) mass is 529 g/mol. The molecule has 1 amide bonds. The zero-order chi connectivity index (χ0) is 23.7. The van der Waals surface area contributed by atoms with Crippen molar-refractivity contribution in [2.24, 2.45) is 5.73 Å². The molecule has 0 unspecified atom stereocenters. The molecule has 0 radical (unpaired) electrons. The van der Waals surface area contributed by atoms with E-state index in [2.05, 4.69) is 40.8 Å². The maximum atomic E-state index is 12.9. The van der Waals surface area contributed by atoms with Crippen LogP contribution in [0.5, 0.6) is 0 Å². The SMILES string of the molecule is Cc1nc(NC(=O)CN)sc1-c1cnc(Cl)c(NS(=O)(=O)c2ccc(C(C)(C)C)cc2)c1.Cl. The Kier molecular flexibility index (Phi) is 8.47. The maximum Gasteiger partial charge on any atom is 0.261 e. The summed E-state index contributed by atoms with van der Waals surface area (Å²) in [6.07, 6.45) is 1.52. The molecule has 0 saturated carbocycles. The fourth-order valence-corrected chi connectivity index (χ4v) is 5.10. The van der Waals surface area contributed by atoms with Crippen LogP contribution in [0.4, 0.5) is 10.8 Å². The van der Waals surface area contributed by atoms with E-state index in [1.54, 1.807) is 37.3 Å². The third-order valence-corrected chi connectivity index (χ3v) is 7.41. The van der Waals surface area contributed by atoms with Crippen molar-refractivity contribution in [1.82, 2.24) is 9.97 Å². The smallest absolute Gasteiger partial charge is 0.261 e. The summed E-state index contributed by atoms with van der Waals surface area (Å²) in [5.74, 6) is -0.356. The maximum absolute atomic E-state index is 12.9. The van der Waals surface area contributed by atoms with Gasteiger partial charge in [0.15, 0.2) is 10.3 Å². The number of anilines is 2. The van der Waals surface area contributed by atoms with E-state index >= 15 is 0 Å². The van der Waals surface area contributed by atoms with Crippen molar-refractivity contribution in [3.63, 3.8) is 0 Å². The number of aryl methyl sites for hydroxylation is 1. The number of rotatable bonds is 6. The number of pyridine rings is 1. The number of carbonyl (C=O) groups excluding carboxylic acids is 1. The van der Waals surface area contributed by atoms with E-state index in [4.69, 9.17) is 17.3 Å². The molecule has 3 aromatic rings. The molecule has 0 aliphatic carbocycles. The Bertz CT molecular complexity index is 1250. The van der Waals surface area contributed by atoms with Gasteiger partial charge in [0.2, 0.25) is 5.91 Å². The molecular weight excluding hydrogens is 505 g/mol. The van der Waals surface area contributed by atoms with Crippen LogP contribution < -0.4 is 15.8 Å². The van der Waals surface area contributed by atoms with Crippen molar-refractivity contribution >= 4 is 62.1 Å². The molecule has 0 aliphatic heterocycles. The number of amides is 1. The summed E-state index contributed by atoms with van der Waals surface area (Å²) >= 11 is 7.40. The van der Waals surface area contributed by atoms with E-state index in [9.17, 15) is 13.2 Å². The Morgan fingerprint density at radius 1 is 1.21 bits per heavy atom. The van der Waals surface area contributed by atoms with Gasteiger partial charge in [-0.05, 0) is 36.1 Å². The first-order valence-corrected chi connectivity index (χ1v) is 12.3. The number of halogens is 2. The second-order valence-corrected chi connectivity index (χ2v) is 11.2. The van der Waals surface area contributed by atoms with Crippen LogP contribution >= 0.6 is 35.3 Å². The molecule has 33 heavy (non-hydrogen) atoms. The topological polar surface area (TPSA) is 127 Å². The van der Waals surface area contributed by atoms with Gasteiger partial charge in [-0.25, -0.2) is 18.4 Å². The van der Waals surface area contributed by atoms with Gasteiger partial charge in [-0.3, -0.25) is 9.52 Å². The van der Waals surface area contributed by atoms with Gasteiger partial charge in [-0.15, -0.1) is 12.4 Å². The Morgan fingerprint density at radius 3 is 2.42 bits per heavy atom. The van der Waals surface area contributed by atoms with Crippen LogP contribution in [0.25, 0.3) is 10.4 Å². The average molecular weight is 531 g/mol. The molecule has 12 heteroatoms. The van der Waals surface area contributed by atoms with Gasteiger partial charge in [0, 0.05) is 11.8 Å². The van der Waals surface area contributed by atoms with E-state index in [1.807, 2.05) is 0 Å². The molecule has 1 aromatic carbocycles. The van der Waals surface area contributed by atoms with Gasteiger partial charge in [0.1, 0.15) is 0 Å². The lowest BCUT2D eigenvalue weighted by molar-refractivity contribution is -0.114. The van der Waals surface area contributed by atoms with Crippen molar-refractivity contribution in [2.45, 2.75) is 38.0 Å². The normalized spacial score (nSPS) is 11.6. The van der Waals surface area contributed by atoms with Crippen molar-refractivity contribution in [3.05, 3.63) is 52.9 Å². The van der Waals surface area contributed by atoms with Crippen molar-refractivity contribution in [1.29, 1.82) is 0 Å². The molecule has 0 atom stereocenters. The summed E-state index contributed by atoms with van der Waals surface area (Å²) in [4.78, 5) is 20.8. The zero-order valence-electron chi connectivity index (χ0n) is 18.5. The Hall–Kier alpha value is -2.24. The molecule has 178 valence electrons. The number of aromatic nitrogens is 2. The third kappa shape index (κ3) is 6.42. The molecule has 0 spiro atoms. The largest absolute Gasteiger partial charge is 0.322 e. The number of nitrogens with two attached hydrogens (primary N) is 1. The number of carbonyl (C=O) groups is 1. The molecule has 3 rings (SSSR count). The predicted molar refractivity (Wildman–Crippen MR) is 136 cm³/mol. The molecule has 0 bridgehead atoms. The molecule has 4 N–H and O–H groups in total. The Morgan fingerprint density at radius 2 is 1.85 bits per heavy atom. The van der Waals surface area contributed by atoms with Crippen LogP contribution in [0.1, 0.15) is 32.0 Å². The molecular formula is C21H25Cl2N5O3S2. The number of sulfonamides is 1. The van der Waals surface area contributed by atoms with Crippen molar-refractivity contribution in [3.8, 4) is 10.4 Å². The number of hydrogen-bond donors (Lipinski definition) is 3. The van der Waals surface area contributed by atoms with Crippen molar-refractivity contribution in [2.75, 3.05) is 16.6 Å². The van der Waals surface area contributed by atoms with Gasteiger partial charge < -0.3 is 11.1 Å². The highest BCUT2D eigenvalue weighted by atomic mass is 35.5. The third-order valence-electron chi connectivity index (χ3n) is 4.60. The summed E-state index contributed by atoms with van der Waals surface area (Å²) in [5, 5.41) is 3.02. The van der Waals surface area contributed by atoms with Crippen LogP contribution in [-0.4, -0.2) is 30.8 Å². The van der Waals surface area contributed by atoms with Gasteiger partial charge in [0.05, 0.1) is 27.7 Å². The second kappa shape index (κ2) is 10.4. The minimum absolute atomic E-state index is 0. The second-order valence-electron chi connectivity index (χ2n) is 8.13. The average Bonchev–Trinajstić information content (AvgIpc) is 3.08. The lowest BCUT2D eigenvalue weighted by Crippen LogP contribution is -2.21. The van der Waals surface area contributed by atoms with E-state index in [0.29, 0.717) is 16.4 Å². The number of nitrogens with zero attached hydrogens (tertiary/aromatic N) is 2. The van der Waals surface area contributed by atoms with Crippen LogP contribution in [0.2, 0.25) is 5.15 Å². The quantitative estimate of drug-likeness (QED) is 0.401. The number of hydrogen-bond acceptors (Lipinski definition) is 7. The first-order valence-electron chi connectivity index (χ1n) is 9.67.